The standard InChI is InChI=1S/C20H15Cl3N2O/c21-16-5-1-15(2-6-16)13-26-18-8-3-14(4-9-18)12-24-25-17-7-10-19(22)20(23)11-17/h1-12,25H,13H2. The lowest BCUT2D eigenvalue weighted by Crippen LogP contribution is -1.95. The van der Waals surface area contributed by atoms with Gasteiger partial charge in [-0.3, -0.25) is 5.43 Å². The van der Waals surface area contributed by atoms with Crippen molar-refractivity contribution in [2.45, 2.75) is 6.61 Å². The molecule has 3 rings (SSSR count). The minimum absolute atomic E-state index is 0.481. The number of rotatable bonds is 6. The van der Waals surface area contributed by atoms with E-state index in [1.807, 2.05) is 48.5 Å². The van der Waals surface area contributed by atoms with Gasteiger partial charge in [0.25, 0.3) is 0 Å². The van der Waals surface area contributed by atoms with E-state index in [4.69, 9.17) is 39.5 Å². The van der Waals surface area contributed by atoms with Crippen LogP contribution in [0.3, 0.4) is 0 Å². The molecule has 0 amide bonds. The lowest BCUT2D eigenvalue weighted by molar-refractivity contribution is 0.306. The molecule has 6 heteroatoms. The average Bonchev–Trinajstić information content (AvgIpc) is 2.65. The fraction of sp³-hybridized carbons (Fsp3) is 0.0500. The van der Waals surface area contributed by atoms with Crippen LogP contribution in [0.1, 0.15) is 11.1 Å². The van der Waals surface area contributed by atoms with Crippen molar-refractivity contribution in [3.05, 3.63) is 92.9 Å². The second-order valence-electron chi connectivity index (χ2n) is 5.48. The van der Waals surface area contributed by atoms with Crippen LogP contribution < -0.4 is 10.2 Å². The molecule has 0 bridgehead atoms. The number of benzene rings is 3. The Labute approximate surface area is 167 Å². The Morgan fingerprint density at radius 3 is 2.27 bits per heavy atom. The first kappa shape index (κ1) is 18.6. The van der Waals surface area contributed by atoms with E-state index in [1.54, 1.807) is 24.4 Å². The summed E-state index contributed by atoms with van der Waals surface area (Å²) < 4.78 is 5.75. The third-order valence-electron chi connectivity index (χ3n) is 3.53. The summed E-state index contributed by atoms with van der Waals surface area (Å²) in [6.45, 7) is 0.490. The van der Waals surface area contributed by atoms with Gasteiger partial charge in [0.15, 0.2) is 0 Å². The summed E-state index contributed by atoms with van der Waals surface area (Å²) in [5.74, 6) is 0.787. The number of hydrogen-bond donors (Lipinski definition) is 1. The second-order valence-corrected chi connectivity index (χ2v) is 6.73. The summed E-state index contributed by atoms with van der Waals surface area (Å²) in [6, 6.07) is 20.5. The monoisotopic (exact) mass is 404 g/mol. The van der Waals surface area contributed by atoms with Gasteiger partial charge in [0.2, 0.25) is 0 Å². The minimum atomic E-state index is 0.481. The van der Waals surface area contributed by atoms with E-state index in [0.717, 1.165) is 22.6 Å². The molecule has 3 nitrogen and oxygen atoms in total. The first-order valence-electron chi connectivity index (χ1n) is 7.81. The lowest BCUT2D eigenvalue weighted by atomic mass is 10.2. The molecule has 1 N–H and O–H groups in total. The van der Waals surface area contributed by atoms with Gasteiger partial charge in [0.1, 0.15) is 12.4 Å². The normalized spacial score (nSPS) is 10.9. The van der Waals surface area contributed by atoms with E-state index >= 15 is 0 Å². The SMILES string of the molecule is Clc1ccc(COc2ccc(C=NNc3ccc(Cl)c(Cl)c3)cc2)cc1. The summed E-state index contributed by atoms with van der Waals surface area (Å²) >= 11 is 17.7. The molecule has 0 fully saturated rings. The molecule has 0 aliphatic heterocycles. The molecule has 26 heavy (non-hydrogen) atoms. The van der Waals surface area contributed by atoms with E-state index in [0.29, 0.717) is 21.7 Å². The number of nitrogens with one attached hydrogen (secondary N) is 1. The molecule has 132 valence electrons. The molecule has 0 spiro atoms. The molecule has 3 aromatic carbocycles. The topological polar surface area (TPSA) is 33.6 Å². The summed E-state index contributed by atoms with van der Waals surface area (Å²) in [6.07, 6.45) is 1.71. The van der Waals surface area contributed by atoms with Crippen molar-refractivity contribution >= 4 is 46.7 Å². The van der Waals surface area contributed by atoms with Crippen LogP contribution in [-0.2, 0) is 6.61 Å². The Kier molecular flexibility index (Phi) is 6.40. The second kappa shape index (κ2) is 8.95. The highest BCUT2D eigenvalue weighted by Crippen LogP contribution is 2.25. The maximum absolute atomic E-state index is 5.96. The maximum atomic E-state index is 5.96. The van der Waals surface area contributed by atoms with Crippen LogP contribution in [0.2, 0.25) is 15.1 Å². The van der Waals surface area contributed by atoms with E-state index in [-0.39, 0.29) is 0 Å². The molecule has 0 radical (unpaired) electrons. The molecule has 0 aromatic heterocycles. The largest absolute Gasteiger partial charge is 0.489 e. The molecular weight excluding hydrogens is 391 g/mol. The molecule has 0 heterocycles. The maximum Gasteiger partial charge on any atom is 0.119 e. The van der Waals surface area contributed by atoms with Crippen LogP contribution in [0.4, 0.5) is 5.69 Å². The summed E-state index contributed by atoms with van der Waals surface area (Å²) in [7, 11) is 0. The predicted molar refractivity (Wildman–Crippen MR) is 110 cm³/mol. The highest BCUT2D eigenvalue weighted by molar-refractivity contribution is 6.42. The minimum Gasteiger partial charge on any atom is -0.489 e. The van der Waals surface area contributed by atoms with Crippen molar-refractivity contribution in [1.29, 1.82) is 0 Å². The van der Waals surface area contributed by atoms with Crippen LogP contribution in [0.15, 0.2) is 71.8 Å². The van der Waals surface area contributed by atoms with Gasteiger partial charge in [0.05, 0.1) is 21.9 Å². The van der Waals surface area contributed by atoms with Gasteiger partial charge in [-0.1, -0.05) is 46.9 Å². The number of hydrazone groups is 1. The molecule has 0 atom stereocenters. The van der Waals surface area contributed by atoms with Crippen molar-refractivity contribution < 1.29 is 4.74 Å². The summed E-state index contributed by atoms with van der Waals surface area (Å²) in [4.78, 5) is 0. The molecule has 3 aromatic rings. The van der Waals surface area contributed by atoms with Gasteiger partial charge in [-0.2, -0.15) is 5.10 Å². The Bertz CT molecular complexity index is 894. The van der Waals surface area contributed by atoms with E-state index in [9.17, 15) is 0 Å². The zero-order valence-corrected chi connectivity index (χ0v) is 15.9. The van der Waals surface area contributed by atoms with Crippen LogP contribution in [0.25, 0.3) is 0 Å². The highest BCUT2D eigenvalue weighted by atomic mass is 35.5. The van der Waals surface area contributed by atoms with Gasteiger partial charge < -0.3 is 4.74 Å². The number of hydrogen-bond acceptors (Lipinski definition) is 3. The van der Waals surface area contributed by atoms with Crippen molar-refractivity contribution in [2.24, 2.45) is 5.10 Å². The Morgan fingerprint density at radius 2 is 1.58 bits per heavy atom. The zero-order chi connectivity index (χ0) is 18.4. The third-order valence-corrected chi connectivity index (χ3v) is 4.52. The summed E-state index contributed by atoms with van der Waals surface area (Å²) in [5.41, 5.74) is 5.68. The quantitative estimate of drug-likeness (QED) is 0.367. The van der Waals surface area contributed by atoms with E-state index in [1.165, 1.54) is 0 Å². The van der Waals surface area contributed by atoms with E-state index in [2.05, 4.69) is 10.5 Å². The summed E-state index contributed by atoms with van der Waals surface area (Å²) in [5, 5.41) is 5.89. The number of halogens is 3. The lowest BCUT2D eigenvalue weighted by Gasteiger charge is -2.06. The Balaban J connectivity index is 1.53. The zero-order valence-electron chi connectivity index (χ0n) is 13.6. The van der Waals surface area contributed by atoms with Gasteiger partial charge in [-0.25, -0.2) is 0 Å². The smallest absolute Gasteiger partial charge is 0.119 e. The molecule has 0 unspecified atom stereocenters. The van der Waals surface area contributed by atoms with Gasteiger partial charge in [-0.05, 0) is 65.7 Å². The van der Waals surface area contributed by atoms with Crippen LogP contribution >= 0.6 is 34.8 Å². The predicted octanol–water partition coefficient (Wildman–Crippen LogP) is 6.67. The molecule has 0 aliphatic rings. The highest BCUT2D eigenvalue weighted by Gasteiger charge is 1.99. The molecule has 0 saturated heterocycles. The van der Waals surface area contributed by atoms with Crippen molar-refractivity contribution in [3.63, 3.8) is 0 Å². The van der Waals surface area contributed by atoms with E-state index < -0.39 is 0 Å². The van der Waals surface area contributed by atoms with Crippen molar-refractivity contribution in [3.8, 4) is 5.75 Å². The van der Waals surface area contributed by atoms with Gasteiger partial charge in [0, 0.05) is 5.02 Å². The molecular formula is C20H15Cl3N2O. The van der Waals surface area contributed by atoms with Crippen molar-refractivity contribution in [2.75, 3.05) is 5.43 Å². The number of nitrogens with zero attached hydrogens (tertiary/aromatic N) is 1. The first-order chi connectivity index (χ1) is 12.6. The van der Waals surface area contributed by atoms with Crippen LogP contribution in [0.5, 0.6) is 5.75 Å². The first-order valence-corrected chi connectivity index (χ1v) is 8.95. The van der Waals surface area contributed by atoms with Gasteiger partial charge in [-0.15, -0.1) is 0 Å². The molecule has 0 aliphatic carbocycles. The third kappa shape index (κ3) is 5.40. The van der Waals surface area contributed by atoms with Crippen LogP contribution in [-0.4, -0.2) is 6.21 Å². The fourth-order valence-electron chi connectivity index (χ4n) is 2.14. The van der Waals surface area contributed by atoms with Gasteiger partial charge >= 0.3 is 0 Å². The molecule has 0 saturated carbocycles. The van der Waals surface area contributed by atoms with Crippen LogP contribution in [0, 0.1) is 0 Å². The number of anilines is 1. The van der Waals surface area contributed by atoms with Crippen molar-refractivity contribution in [1.82, 2.24) is 0 Å². The Hall–Kier alpha value is -2.20. The fourth-order valence-corrected chi connectivity index (χ4v) is 2.57. The average molecular weight is 406 g/mol. The number of ether oxygens (including phenoxy) is 1. The Morgan fingerprint density at radius 1 is 0.846 bits per heavy atom.